The molecule has 0 aromatic heterocycles. The van der Waals surface area contributed by atoms with Gasteiger partial charge in [-0.15, -0.1) is 0 Å². The van der Waals surface area contributed by atoms with Crippen LogP contribution >= 0.6 is 0 Å². The van der Waals surface area contributed by atoms with Crippen LogP contribution in [0.1, 0.15) is 45.1 Å². The molecule has 0 amide bonds. The Bertz CT molecular complexity index is 2500. The van der Waals surface area contributed by atoms with Crippen molar-refractivity contribution in [1.82, 2.24) is 5.32 Å². The molecule has 0 spiro atoms. The van der Waals surface area contributed by atoms with Crippen LogP contribution in [-0.2, 0) is 5.41 Å². The van der Waals surface area contributed by atoms with Crippen molar-refractivity contribution in [3.05, 3.63) is 257 Å². The number of anilines is 1. The molecule has 0 saturated heterocycles. The monoisotopic (exact) mass is 690 g/mol. The summed E-state index contributed by atoms with van der Waals surface area (Å²) in [4.78, 5) is 2.50. The average Bonchev–Trinajstić information content (AvgIpc) is 3.67. The number of hydrogen-bond donors (Lipinski definition) is 1. The Kier molecular flexibility index (Phi) is 7.81. The number of fused-ring (bicyclic) bond motifs is 6. The lowest BCUT2D eigenvalue weighted by Gasteiger charge is -2.37. The Morgan fingerprint density at radius 3 is 1.41 bits per heavy atom. The second kappa shape index (κ2) is 13.3. The normalized spacial score (nSPS) is 14.5. The minimum Gasteiger partial charge on any atom is -0.359 e. The van der Waals surface area contributed by atoms with Crippen molar-refractivity contribution in [3.8, 4) is 22.3 Å². The quantitative estimate of drug-likeness (QED) is 0.168. The van der Waals surface area contributed by atoms with Crippen LogP contribution in [-0.4, -0.2) is 0 Å². The maximum atomic E-state index is 3.99. The van der Waals surface area contributed by atoms with Gasteiger partial charge < -0.3 is 10.2 Å². The van der Waals surface area contributed by atoms with Crippen molar-refractivity contribution < 1.29 is 0 Å². The van der Waals surface area contributed by atoms with Gasteiger partial charge in [-0.05, 0) is 56.6 Å². The van der Waals surface area contributed by atoms with E-state index in [1.165, 1.54) is 72.6 Å². The molecule has 256 valence electrons. The third-order valence-corrected chi connectivity index (χ3v) is 11.2. The summed E-state index contributed by atoms with van der Waals surface area (Å²) in [5, 5.41) is 3.99. The highest BCUT2D eigenvalue weighted by Gasteiger charge is 2.41. The van der Waals surface area contributed by atoms with Crippen molar-refractivity contribution in [3.63, 3.8) is 0 Å². The number of nitrogens with one attached hydrogen (secondary N) is 1. The highest BCUT2D eigenvalue weighted by molar-refractivity contribution is 6.04. The van der Waals surface area contributed by atoms with Crippen LogP contribution in [0.4, 0.5) is 5.69 Å². The van der Waals surface area contributed by atoms with Crippen LogP contribution in [0.5, 0.6) is 0 Å². The molecule has 1 unspecified atom stereocenters. The molecule has 1 N–H and O–H groups in total. The number of nitrogens with zero attached hydrogens (tertiary/aromatic N) is 1. The van der Waals surface area contributed by atoms with Gasteiger partial charge in [-0.1, -0.05) is 206 Å². The molecule has 2 heteroatoms. The molecule has 2 heterocycles. The molecule has 1 atom stereocenters. The number of hydrogen-bond acceptors (Lipinski definition) is 2. The van der Waals surface area contributed by atoms with Crippen molar-refractivity contribution in [1.29, 1.82) is 0 Å². The molecule has 0 aliphatic carbocycles. The van der Waals surface area contributed by atoms with E-state index in [2.05, 4.69) is 229 Å². The molecular formula is C52H38N2. The fourth-order valence-electron chi connectivity index (χ4n) is 8.80. The molecule has 0 saturated carbocycles. The minimum atomic E-state index is -0.478. The van der Waals surface area contributed by atoms with E-state index in [-0.39, 0.29) is 6.17 Å². The molecule has 8 aromatic carbocycles. The largest absolute Gasteiger partial charge is 0.359 e. The van der Waals surface area contributed by atoms with E-state index in [4.69, 9.17) is 0 Å². The predicted octanol–water partition coefficient (Wildman–Crippen LogP) is 12.4. The van der Waals surface area contributed by atoms with Gasteiger partial charge in [0.05, 0.1) is 22.5 Å². The summed E-state index contributed by atoms with van der Waals surface area (Å²) in [5.74, 6) is 0. The Hall–Kier alpha value is -6.90. The fraction of sp³-hybridized carbons (Fsp3) is 0.0385. The smallest absolute Gasteiger partial charge is 0.131 e. The second-order valence-corrected chi connectivity index (χ2v) is 14.1. The van der Waals surface area contributed by atoms with Crippen LogP contribution < -0.4 is 10.2 Å². The first-order chi connectivity index (χ1) is 26.8. The van der Waals surface area contributed by atoms with Crippen LogP contribution in [0.3, 0.4) is 0 Å². The molecule has 54 heavy (non-hydrogen) atoms. The van der Waals surface area contributed by atoms with Gasteiger partial charge in [-0.25, -0.2) is 0 Å². The van der Waals surface area contributed by atoms with Crippen LogP contribution in [0.25, 0.3) is 33.6 Å². The Morgan fingerprint density at radius 1 is 0.370 bits per heavy atom. The highest BCUT2D eigenvalue weighted by atomic mass is 15.3. The van der Waals surface area contributed by atoms with Gasteiger partial charge in [0.1, 0.15) is 6.17 Å². The van der Waals surface area contributed by atoms with E-state index in [1.807, 2.05) is 0 Å². The van der Waals surface area contributed by atoms with Crippen molar-refractivity contribution in [2.24, 2.45) is 0 Å². The topological polar surface area (TPSA) is 15.3 Å². The summed E-state index contributed by atoms with van der Waals surface area (Å²) in [6.07, 6.45) is -0.0417. The first-order valence-electron chi connectivity index (χ1n) is 18.7. The summed E-state index contributed by atoms with van der Waals surface area (Å²) >= 11 is 0. The van der Waals surface area contributed by atoms with E-state index < -0.39 is 5.41 Å². The van der Waals surface area contributed by atoms with E-state index in [1.54, 1.807) is 0 Å². The zero-order valence-corrected chi connectivity index (χ0v) is 29.8. The summed E-state index contributed by atoms with van der Waals surface area (Å²) in [6, 6.07) is 79.4. The first-order valence-corrected chi connectivity index (χ1v) is 18.7. The first kappa shape index (κ1) is 31.8. The molecule has 0 fully saturated rings. The predicted molar refractivity (Wildman–Crippen MR) is 224 cm³/mol. The van der Waals surface area contributed by atoms with Crippen molar-refractivity contribution in [2.45, 2.75) is 11.6 Å². The average molecular weight is 691 g/mol. The maximum Gasteiger partial charge on any atom is 0.131 e. The minimum absolute atomic E-state index is 0.0417. The Morgan fingerprint density at radius 2 is 0.833 bits per heavy atom. The van der Waals surface area contributed by atoms with Crippen molar-refractivity contribution >= 4 is 17.1 Å². The summed E-state index contributed by atoms with van der Waals surface area (Å²) in [7, 11) is 0. The van der Waals surface area contributed by atoms with Gasteiger partial charge >= 0.3 is 0 Å². The zero-order valence-electron chi connectivity index (χ0n) is 29.8. The van der Waals surface area contributed by atoms with Gasteiger partial charge in [0, 0.05) is 16.7 Å². The van der Waals surface area contributed by atoms with E-state index in [0.717, 1.165) is 5.70 Å². The lowest BCUT2D eigenvalue weighted by molar-refractivity contribution is 0.674. The molecule has 10 rings (SSSR count). The lowest BCUT2D eigenvalue weighted by Crippen LogP contribution is -2.32. The molecule has 0 radical (unpaired) electrons. The number of benzene rings is 8. The zero-order chi connectivity index (χ0) is 35.9. The van der Waals surface area contributed by atoms with Crippen LogP contribution in [0.15, 0.2) is 218 Å². The third kappa shape index (κ3) is 5.10. The molecule has 0 bridgehead atoms. The van der Waals surface area contributed by atoms with Gasteiger partial charge in [0.2, 0.25) is 0 Å². The second-order valence-electron chi connectivity index (χ2n) is 14.1. The number of rotatable bonds is 7. The van der Waals surface area contributed by atoms with Gasteiger partial charge in [-0.3, -0.25) is 0 Å². The highest BCUT2D eigenvalue weighted by Crippen LogP contribution is 2.53. The van der Waals surface area contributed by atoms with Gasteiger partial charge in [0.15, 0.2) is 0 Å². The molecular weight excluding hydrogens is 653 g/mol. The Balaban J connectivity index is 1.09. The molecule has 2 aliphatic rings. The Labute approximate surface area is 317 Å². The number of para-hydroxylation sites is 1. The summed E-state index contributed by atoms with van der Waals surface area (Å²) in [6.45, 7) is 0. The third-order valence-electron chi connectivity index (χ3n) is 11.2. The van der Waals surface area contributed by atoms with E-state index in [9.17, 15) is 0 Å². The van der Waals surface area contributed by atoms with Crippen LogP contribution in [0, 0.1) is 0 Å². The summed E-state index contributed by atoms with van der Waals surface area (Å²) in [5.41, 5.74) is 16.6. The van der Waals surface area contributed by atoms with E-state index >= 15 is 0 Å². The molecule has 2 aliphatic heterocycles. The van der Waals surface area contributed by atoms with Crippen LogP contribution in [0.2, 0.25) is 0 Å². The van der Waals surface area contributed by atoms with Gasteiger partial charge in [0.25, 0.3) is 0 Å². The lowest BCUT2D eigenvalue weighted by atomic mass is 9.65. The SMILES string of the molecule is c1ccc(C2=C(c3ccccc3)N3c4ccccc4-c4cc(-c5ccc(C(c6ccccc6)(c6ccccc6)c6ccccc6)cc5)ccc4C3N2)cc1. The van der Waals surface area contributed by atoms with Crippen molar-refractivity contribution in [2.75, 3.05) is 4.90 Å². The molecule has 8 aromatic rings. The molecule has 2 nitrogen and oxygen atoms in total. The standard InChI is InChI=1S/C52H38N2/c1-6-18-38(19-7-1)49-50(39-20-8-2-9-21-39)54-48-29-17-16-28-45(48)47-36-40(32-35-46(47)51(54)53-49)37-30-33-44(34-31-37)52(41-22-10-3-11-23-41,42-24-12-4-13-25-42)43-26-14-5-15-27-43/h1-36,51,53H. The fourth-order valence-corrected chi connectivity index (χ4v) is 8.80. The van der Waals surface area contributed by atoms with E-state index in [0.29, 0.717) is 0 Å². The maximum absolute atomic E-state index is 3.99. The summed E-state index contributed by atoms with van der Waals surface area (Å²) < 4.78 is 0. The van der Waals surface area contributed by atoms with Gasteiger partial charge in [-0.2, -0.15) is 0 Å².